The van der Waals surface area contributed by atoms with E-state index in [1.165, 1.54) is 98.1 Å². The zero-order valence-corrected chi connectivity index (χ0v) is 35.2. The fourth-order valence-electron chi connectivity index (χ4n) is 9.75. The molecule has 0 radical (unpaired) electrons. The Balaban J connectivity index is 0.917. The lowest BCUT2D eigenvalue weighted by Gasteiger charge is -2.22. The first-order valence-corrected chi connectivity index (χ1v) is 22.0. The number of allylic oxidation sites excluding steroid dienone is 1. The third kappa shape index (κ3) is 6.45. The lowest BCUT2D eigenvalue weighted by Crippen LogP contribution is -2.14. The van der Waals surface area contributed by atoms with Crippen molar-refractivity contribution < 1.29 is 0 Å². The van der Waals surface area contributed by atoms with Crippen molar-refractivity contribution in [1.82, 2.24) is 0 Å². The van der Waals surface area contributed by atoms with E-state index in [-0.39, 0.29) is 11.3 Å². The van der Waals surface area contributed by atoms with Crippen LogP contribution < -0.4 is 0 Å². The van der Waals surface area contributed by atoms with Gasteiger partial charge in [-0.2, -0.15) is 0 Å². The Morgan fingerprint density at radius 2 is 0.984 bits per heavy atom. The van der Waals surface area contributed by atoms with Gasteiger partial charge in [0.2, 0.25) is 0 Å². The molecule has 1 aliphatic carbocycles. The standard InChI is InChI=1S/C60H44S/c1-39(40-20-22-43(23-21-40)41-12-5-4-6-13-41)56(49-35-28-46(29-36-49)51-37-30-42-14-7-8-15-50(42)38-51)48-33-26-45(27-34-48)44-24-31-47(32-25-44)52-17-11-18-54-57(52)59-58(60(54,2)3)53-16-9-10-19-55(53)61-59/h4-38,56H,1H2,2-3H3. The molecule has 1 heteroatoms. The van der Waals surface area contributed by atoms with Crippen LogP contribution in [0, 0.1) is 0 Å². The van der Waals surface area contributed by atoms with Crippen LogP contribution in [-0.2, 0) is 5.41 Å². The molecule has 0 bridgehead atoms. The molecular weight excluding hydrogens is 753 g/mol. The second-order valence-corrected chi connectivity index (χ2v) is 18.0. The largest absolute Gasteiger partial charge is 0.135 e. The summed E-state index contributed by atoms with van der Waals surface area (Å²) in [5, 5.41) is 3.90. The number of hydrogen-bond acceptors (Lipinski definition) is 1. The molecule has 1 heterocycles. The summed E-state index contributed by atoms with van der Waals surface area (Å²) in [4.78, 5) is 1.42. The van der Waals surface area contributed by atoms with Crippen molar-refractivity contribution in [3.8, 4) is 54.9 Å². The van der Waals surface area contributed by atoms with Gasteiger partial charge < -0.3 is 0 Å². The van der Waals surface area contributed by atoms with Crippen molar-refractivity contribution >= 4 is 37.8 Å². The van der Waals surface area contributed by atoms with E-state index in [0.717, 1.165) is 11.1 Å². The van der Waals surface area contributed by atoms with E-state index < -0.39 is 0 Å². The summed E-state index contributed by atoms with van der Waals surface area (Å²) in [6.07, 6.45) is 0. The molecule has 1 atom stereocenters. The molecule has 0 nitrogen and oxygen atoms in total. The monoisotopic (exact) mass is 796 g/mol. The van der Waals surface area contributed by atoms with Gasteiger partial charge >= 0.3 is 0 Å². The van der Waals surface area contributed by atoms with E-state index >= 15 is 0 Å². The normalized spacial score (nSPS) is 13.2. The van der Waals surface area contributed by atoms with Crippen LogP contribution in [0.4, 0.5) is 0 Å². The van der Waals surface area contributed by atoms with Gasteiger partial charge in [-0.25, -0.2) is 0 Å². The minimum Gasteiger partial charge on any atom is -0.135 e. The van der Waals surface area contributed by atoms with Crippen molar-refractivity contribution in [2.75, 3.05) is 0 Å². The molecule has 10 aromatic rings. The molecule has 0 amide bonds. The van der Waals surface area contributed by atoms with Gasteiger partial charge in [0.15, 0.2) is 0 Å². The minimum absolute atomic E-state index is 0.0205. The Labute approximate surface area is 362 Å². The van der Waals surface area contributed by atoms with Crippen molar-refractivity contribution in [3.63, 3.8) is 0 Å². The number of hydrogen-bond donors (Lipinski definition) is 0. The molecular formula is C60H44S. The molecule has 1 aromatic heterocycles. The van der Waals surface area contributed by atoms with Gasteiger partial charge in [-0.15, -0.1) is 11.3 Å². The summed E-state index contributed by atoms with van der Waals surface area (Å²) in [5.74, 6) is -0.0205. The first-order valence-electron chi connectivity index (χ1n) is 21.2. The molecule has 290 valence electrons. The lowest BCUT2D eigenvalue weighted by atomic mass is 9.81. The number of benzene rings is 9. The quantitative estimate of drug-likeness (QED) is 0.144. The van der Waals surface area contributed by atoms with Crippen LogP contribution in [0.5, 0.6) is 0 Å². The van der Waals surface area contributed by atoms with E-state index in [4.69, 9.17) is 6.58 Å². The Bertz CT molecular complexity index is 3240. The van der Waals surface area contributed by atoms with Crippen molar-refractivity contribution in [2.24, 2.45) is 0 Å². The van der Waals surface area contributed by atoms with Crippen LogP contribution in [0.1, 0.15) is 47.6 Å². The van der Waals surface area contributed by atoms with Gasteiger partial charge in [-0.1, -0.05) is 221 Å². The maximum atomic E-state index is 4.77. The highest BCUT2D eigenvalue weighted by Gasteiger charge is 2.40. The summed E-state index contributed by atoms with van der Waals surface area (Å²) < 4.78 is 1.37. The van der Waals surface area contributed by atoms with Gasteiger partial charge in [0.25, 0.3) is 0 Å². The second kappa shape index (κ2) is 14.9. The Morgan fingerprint density at radius 3 is 1.67 bits per heavy atom. The fourth-order valence-corrected chi connectivity index (χ4v) is 11.2. The fraction of sp³-hybridized carbons (Fsp3) is 0.0667. The number of thiophene rings is 1. The molecule has 1 unspecified atom stereocenters. The van der Waals surface area contributed by atoms with Gasteiger partial charge in [0, 0.05) is 26.5 Å². The first-order chi connectivity index (χ1) is 29.9. The summed E-state index contributed by atoms with van der Waals surface area (Å²) in [6, 6.07) is 77.9. The maximum absolute atomic E-state index is 4.77. The van der Waals surface area contributed by atoms with E-state index in [0.29, 0.717) is 0 Å². The molecule has 61 heavy (non-hydrogen) atoms. The SMILES string of the molecule is C=C(c1ccc(-c2ccccc2)cc1)C(c1ccc(-c2ccc(-c3cccc4c3-c3sc5ccccc5c3C4(C)C)cc2)cc1)c1ccc(-c2ccc3ccccc3c2)cc1. The lowest BCUT2D eigenvalue weighted by molar-refractivity contribution is 0.667. The third-order valence-electron chi connectivity index (χ3n) is 13.0. The van der Waals surface area contributed by atoms with E-state index in [9.17, 15) is 0 Å². The average molecular weight is 797 g/mol. The molecule has 11 rings (SSSR count). The molecule has 9 aromatic carbocycles. The van der Waals surface area contributed by atoms with Gasteiger partial charge in [-0.3, -0.25) is 0 Å². The molecule has 0 fully saturated rings. The summed E-state index contributed by atoms with van der Waals surface area (Å²) in [6.45, 7) is 9.54. The molecule has 0 saturated carbocycles. The molecule has 0 aliphatic heterocycles. The molecule has 0 spiro atoms. The van der Waals surface area contributed by atoms with Crippen LogP contribution in [0.3, 0.4) is 0 Å². The Kier molecular flexibility index (Phi) is 9.03. The summed E-state index contributed by atoms with van der Waals surface area (Å²) >= 11 is 1.94. The molecule has 1 aliphatic rings. The first kappa shape index (κ1) is 37.0. The van der Waals surface area contributed by atoms with Crippen LogP contribution in [-0.4, -0.2) is 0 Å². The second-order valence-electron chi connectivity index (χ2n) is 16.9. The number of rotatable bonds is 8. The summed E-state index contributed by atoms with van der Waals surface area (Å²) in [7, 11) is 0. The summed E-state index contributed by atoms with van der Waals surface area (Å²) in [5.41, 5.74) is 18.7. The van der Waals surface area contributed by atoms with Crippen molar-refractivity contribution in [1.29, 1.82) is 0 Å². The highest BCUT2D eigenvalue weighted by molar-refractivity contribution is 7.22. The zero-order chi connectivity index (χ0) is 41.1. The highest BCUT2D eigenvalue weighted by atomic mass is 32.1. The number of fused-ring (bicyclic) bond motifs is 6. The Hall–Kier alpha value is -7.06. The minimum atomic E-state index is -0.0456. The van der Waals surface area contributed by atoms with Crippen LogP contribution >= 0.6 is 11.3 Å². The van der Waals surface area contributed by atoms with Gasteiger partial charge in [-0.05, 0) is 106 Å². The molecule has 0 saturated heterocycles. The van der Waals surface area contributed by atoms with Crippen LogP contribution in [0.2, 0.25) is 0 Å². The zero-order valence-electron chi connectivity index (χ0n) is 34.4. The van der Waals surface area contributed by atoms with Gasteiger partial charge in [0.05, 0.1) is 0 Å². The highest BCUT2D eigenvalue weighted by Crippen LogP contribution is 2.57. The van der Waals surface area contributed by atoms with E-state index in [1.807, 2.05) is 11.3 Å². The van der Waals surface area contributed by atoms with Crippen molar-refractivity contribution in [2.45, 2.75) is 25.2 Å². The Morgan fingerprint density at radius 1 is 0.459 bits per heavy atom. The topological polar surface area (TPSA) is 0 Å². The maximum Gasteiger partial charge on any atom is 0.0405 e. The molecule has 0 N–H and O–H groups in total. The smallest absolute Gasteiger partial charge is 0.0405 e. The van der Waals surface area contributed by atoms with Crippen molar-refractivity contribution in [3.05, 3.63) is 247 Å². The van der Waals surface area contributed by atoms with Crippen LogP contribution in [0.25, 0.3) is 81.4 Å². The predicted octanol–water partition coefficient (Wildman–Crippen LogP) is 16.9. The van der Waals surface area contributed by atoms with E-state index in [2.05, 4.69) is 226 Å². The predicted molar refractivity (Wildman–Crippen MR) is 262 cm³/mol. The van der Waals surface area contributed by atoms with E-state index in [1.54, 1.807) is 0 Å². The third-order valence-corrected chi connectivity index (χ3v) is 14.2. The van der Waals surface area contributed by atoms with Crippen LogP contribution in [0.15, 0.2) is 219 Å². The van der Waals surface area contributed by atoms with Gasteiger partial charge in [0.1, 0.15) is 0 Å². The average Bonchev–Trinajstić information content (AvgIpc) is 3.82.